The van der Waals surface area contributed by atoms with Crippen molar-refractivity contribution in [1.29, 1.82) is 0 Å². The van der Waals surface area contributed by atoms with E-state index in [2.05, 4.69) is 11.8 Å². The van der Waals surface area contributed by atoms with Crippen LogP contribution in [-0.4, -0.2) is 29.9 Å². The van der Waals surface area contributed by atoms with Gasteiger partial charge in [0.1, 0.15) is 0 Å². The molecule has 0 spiro atoms. The van der Waals surface area contributed by atoms with Crippen molar-refractivity contribution in [3.63, 3.8) is 0 Å². The fourth-order valence-corrected chi connectivity index (χ4v) is 3.77. The molecular weight excluding hydrogens is 236 g/mol. The lowest BCUT2D eigenvalue weighted by molar-refractivity contribution is -0.131. The third kappa shape index (κ3) is 4.20. The van der Waals surface area contributed by atoms with Gasteiger partial charge in [0.05, 0.1) is 0 Å². The van der Waals surface area contributed by atoms with Gasteiger partial charge in [0.15, 0.2) is 0 Å². The second-order valence-electron chi connectivity index (χ2n) is 6.53. The van der Waals surface area contributed by atoms with Gasteiger partial charge >= 0.3 is 0 Å². The first-order valence-corrected chi connectivity index (χ1v) is 8.24. The summed E-state index contributed by atoms with van der Waals surface area (Å²) in [5, 5.41) is 0. The molecule has 2 N–H and O–H groups in total. The van der Waals surface area contributed by atoms with E-state index < -0.39 is 0 Å². The molecule has 3 heteroatoms. The number of hydrogen-bond donors (Lipinski definition) is 1. The van der Waals surface area contributed by atoms with Crippen molar-refractivity contribution in [1.82, 2.24) is 4.90 Å². The molecular formula is C16H30N2O. The molecule has 1 amide bonds. The zero-order chi connectivity index (χ0) is 13.7. The highest BCUT2D eigenvalue weighted by Gasteiger charge is 2.27. The number of carbonyl (C=O) groups is 1. The smallest absolute Gasteiger partial charge is 0.222 e. The van der Waals surface area contributed by atoms with Crippen LogP contribution in [0, 0.1) is 11.8 Å². The van der Waals surface area contributed by atoms with Crippen LogP contribution in [0.2, 0.25) is 0 Å². The van der Waals surface area contributed by atoms with Gasteiger partial charge in [-0.1, -0.05) is 32.6 Å². The molecule has 2 rings (SSSR count). The number of hydrogen-bond acceptors (Lipinski definition) is 2. The van der Waals surface area contributed by atoms with Crippen molar-refractivity contribution < 1.29 is 4.79 Å². The molecule has 0 aromatic heterocycles. The highest BCUT2D eigenvalue weighted by atomic mass is 16.2. The zero-order valence-electron chi connectivity index (χ0n) is 12.4. The Balaban J connectivity index is 1.83. The molecule has 1 aliphatic heterocycles. The molecule has 1 heterocycles. The topological polar surface area (TPSA) is 46.3 Å². The third-order valence-corrected chi connectivity index (χ3v) is 5.06. The van der Waals surface area contributed by atoms with Crippen LogP contribution in [0.25, 0.3) is 0 Å². The Morgan fingerprint density at radius 3 is 2.68 bits per heavy atom. The summed E-state index contributed by atoms with van der Waals surface area (Å²) in [4.78, 5) is 14.2. The van der Waals surface area contributed by atoms with Gasteiger partial charge in [-0.05, 0) is 37.5 Å². The Bertz CT molecular complexity index is 286. The van der Waals surface area contributed by atoms with E-state index in [-0.39, 0.29) is 6.04 Å². The minimum atomic E-state index is 0.203. The summed E-state index contributed by atoms with van der Waals surface area (Å²) < 4.78 is 0. The maximum absolute atomic E-state index is 12.2. The van der Waals surface area contributed by atoms with Gasteiger partial charge < -0.3 is 10.6 Å². The molecule has 1 saturated carbocycles. The maximum Gasteiger partial charge on any atom is 0.222 e. The summed E-state index contributed by atoms with van der Waals surface area (Å²) in [6.07, 6.45) is 10.7. The van der Waals surface area contributed by atoms with Crippen molar-refractivity contribution in [3.05, 3.63) is 0 Å². The quantitative estimate of drug-likeness (QED) is 0.831. The van der Waals surface area contributed by atoms with E-state index in [1.807, 2.05) is 0 Å². The van der Waals surface area contributed by atoms with E-state index in [0.29, 0.717) is 11.8 Å². The fourth-order valence-electron chi connectivity index (χ4n) is 3.77. The molecule has 19 heavy (non-hydrogen) atoms. The van der Waals surface area contributed by atoms with Crippen molar-refractivity contribution in [3.8, 4) is 0 Å². The number of likely N-dealkylation sites (tertiary alicyclic amines) is 1. The standard InChI is InChI=1S/C16H30N2O/c1-2-5-13-8-9-16(19)18(11-10-13)12-15(17)14-6-3-4-7-14/h13-15H,2-12,17H2,1H3. The lowest BCUT2D eigenvalue weighted by Crippen LogP contribution is -2.44. The Kier molecular flexibility index (Phi) is 5.68. The van der Waals surface area contributed by atoms with Crippen molar-refractivity contribution in [2.75, 3.05) is 13.1 Å². The van der Waals surface area contributed by atoms with Crippen LogP contribution in [0.3, 0.4) is 0 Å². The van der Waals surface area contributed by atoms with Crippen LogP contribution in [0.5, 0.6) is 0 Å². The minimum absolute atomic E-state index is 0.203. The van der Waals surface area contributed by atoms with E-state index in [9.17, 15) is 4.79 Å². The summed E-state index contributed by atoms with van der Waals surface area (Å²) in [6, 6.07) is 0.203. The van der Waals surface area contributed by atoms with Gasteiger partial charge in [-0.2, -0.15) is 0 Å². The number of amides is 1. The van der Waals surface area contributed by atoms with Crippen molar-refractivity contribution in [2.45, 2.75) is 70.8 Å². The molecule has 3 nitrogen and oxygen atoms in total. The van der Waals surface area contributed by atoms with Gasteiger partial charge in [0.25, 0.3) is 0 Å². The molecule has 2 fully saturated rings. The number of nitrogens with two attached hydrogens (primary N) is 1. The third-order valence-electron chi connectivity index (χ3n) is 5.06. The predicted molar refractivity (Wildman–Crippen MR) is 78.8 cm³/mol. The molecule has 110 valence electrons. The summed E-state index contributed by atoms with van der Waals surface area (Å²) in [6.45, 7) is 3.97. The van der Waals surface area contributed by atoms with Crippen LogP contribution < -0.4 is 5.73 Å². The second kappa shape index (κ2) is 7.28. The first kappa shape index (κ1) is 14.8. The molecule has 1 aliphatic carbocycles. The first-order chi connectivity index (χ1) is 9.20. The monoisotopic (exact) mass is 266 g/mol. The van der Waals surface area contributed by atoms with Crippen molar-refractivity contribution in [2.24, 2.45) is 17.6 Å². The lowest BCUT2D eigenvalue weighted by Gasteiger charge is -2.27. The largest absolute Gasteiger partial charge is 0.341 e. The van der Waals surface area contributed by atoms with E-state index >= 15 is 0 Å². The normalized spacial score (nSPS) is 27.6. The van der Waals surface area contributed by atoms with Crippen LogP contribution in [-0.2, 0) is 4.79 Å². The Hall–Kier alpha value is -0.570. The Labute approximate surface area is 117 Å². The van der Waals surface area contributed by atoms with Crippen LogP contribution in [0.1, 0.15) is 64.7 Å². The molecule has 0 aromatic rings. The summed E-state index contributed by atoms with van der Waals surface area (Å²) >= 11 is 0. The predicted octanol–water partition coefficient (Wildman–Crippen LogP) is 2.93. The lowest BCUT2D eigenvalue weighted by atomic mass is 9.96. The Morgan fingerprint density at radius 1 is 1.26 bits per heavy atom. The molecule has 0 radical (unpaired) electrons. The average molecular weight is 266 g/mol. The highest BCUT2D eigenvalue weighted by molar-refractivity contribution is 5.76. The van der Waals surface area contributed by atoms with Crippen LogP contribution in [0.4, 0.5) is 0 Å². The van der Waals surface area contributed by atoms with Crippen LogP contribution >= 0.6 is 0 Å². The summed E-state index contributed by atoms with van der Waals surface area (Å²) in [5.41, 5.74) is 6.32. The number of nitrogens with zero attached hydrogens (tertiary/aromatic N) is 1. The van der Waals surface area contributed by atoms with Gasteiger partial charge in [0.2, 0.25) is 5.91 Å². The maximum atomic E-state index is 12.2. The van der Waals surface area contributed by atoms with Gasteiger partial charge in [-0.3, -0.25) is 4.79 Å². The van der Waals surface area contributed by atoms with E-state index in [1.54, 1.807) is 0 Å². The molecule has 0 bridgehead atoms. The Morgan fingerprint density at radius 2 is 2.00 bits per heavy atom. The second-order valence-corrected chi connectivity index (χ2v) is 6.53. The van der Waals surface area contributed by atoms with Gasteiger partial charge in [-0.25, -0.2) is 0 Å². The molecule has 2 atom stereocenters. The van der Waals surface area contributed by atoms with Crippen LogP contribution in [0.15, 0.2) is 0 Å². The average Bonchev–Trinajstić information content (AvgIpc) is 2.88. The van der Waals surface area contributed by atoms with Gasteiger partial charge in [0, 0.05) is 25.6 Å². The van der Waals surface area contributed by atoms with E-state index in [1.165, 1.54) is 44.9 Å². The molecule has 0 aromatic carbocycles. The summed E-state index contributed by atoms with van der Waals surface area (Å²) in [7, 11) is 0. The zero-order valence-corrected chi connectivity index (χ0v) is 12.4. The van der Waals surface area contributed by atoms with E-state index in [4.69, 9.17) is 5.73 Å². The SMILES string of the molecule is CCCC1CCC(=O)N(CC(N)C2CCCC2)CC1. The minimum Gasteiger partial charge on any atom is -0.341 e. The first-order valence-electron chi connectivity index (χ1n) is 8.24. The van der Waals surface area contributed by atoms with E-state index in [0.717, 1.165) is 31.8 Å². The fraction of sp³-hybridized carbons (Fsp3) is 0.938. The van der Waals surface area contributed by atoms with Gasteiger partial charge in [-0.15, -0.1) is 0 Å². The number of rotatable bonds is 5. The summed E-state index contributed by atoms with van der Waals surface area (Å²) in [5.74, 6) is 1.75. The number of carbonyl (C=O) groups excluding carboxylic acids is 1. The molecule has 2 unspecified atom stereocenters. The highest BCUT2D eigenvalue weighted by Crippen LogP contribution is 2.28. The van der Waals surface area contributed by atoms with Crippen molar-refractivity contribution >= 4 is 5.91 Å². The molecule has 1 saturated heterocycles. The molecule has 2 aliphatic rings.